The molecule has 1 amide bonds. The maximum Gasteiger partial charge on any atom is 0.239 e. The van der Waals surface area contributed by atoms with Gasteiger partial charge >= 0.3 is 0 Å². The highest BCUT2D eigenvalue weighted by atomic mass is 16.5. The van der Waals surface area contributed by atoms with Gasteiger partial charge in [-0.1, -0.05) is 6.92 Å². The van der Waals surface area contributed by atoms with Crippen molar-refractivity contribution in [2.24, 2.45) is 5.92 Å². The molecular weight excluding hydrogens is 246 g/mol. The van der Waals surface area contributed by atoms with Gasteiger partial charge in [-0.05, 0) is 5.92 Å². The first-order valence-corrected chi connectivity index (χ1v) is 7.14. The smallest absolute Gasteiger partial charge is 0.239 e. The molecule has 2 fully saturated rings. The van der Waals surface area contributed by atoms with Crippen molar-refractivity contribution in [1.82, 2.24) is 15.5 Å². The first-order chi connectivity index (χ1) is 9.25. The summed E-state index contributed by atoms with van der Waals surface area (Å²) < 4.78 is 10.6. The third-order valence-electron chi connectivity index (χ3n) is 3.54. The quantitative estimate of drug-likeness (QED) is 0.676. The number of amides is 1. The average molecular weight is 271 g/mol. The fourth-order valence-corrected chi connectivity index (χ4v) is 2.42. The van der Waals surface area contributed by atoms with Crippen molar-refractivity contribution in [2.45, 2.75) is 13.0 Å². The molecule has 2 heterocycles. The highest BCUT2D eigenvalue weighted by Gasteiger charge is 2.21. The Balaban J connectivity index is 1.61. The zero-order chi connectivity index (χ0) is 13.5. The van der Waals surface area contributed by atoms with Crippen molar-refractivity contribution in [3.05, 3.63) is 0 Å². The number of morpholine rings is 2. The highest BCUT2D eigenvalue weighted by molar-refractivity contribution is 5.81. The summed E-state index contributed by atoms with van der Waals surface area (Å²) in [7, 11) is 0. The van der Waals surface area contributed by atoms with Crippen LogP contribution in [0.3, 0.4) is 0 Å². The average Bonchev–Trinajstić information content (AvgIpc) is 2.47. The first kappa shape index (κ1) is 14.7. The molecule has 2 aliphatic rings. The molecule has 0 aromatic rings. The number of hydrogen-bond donors (Lipinski definition) is 2. The zero-order valence-corrected chi connectivity index (χ0v) is 11.7. The number of nitrogens with one attached hydrogen (secondary N) is 2. The van der Waals surface area contributed by atoms with Gasteiger partial charge in [0, 0.05) is 32.7 Å². The van der Waals surface area contributed by atoms with Gasteiger partial charge in [-0.25, -0.2) is 0 Å². The van der Waals surface area contributed by atoms with Crippen LogP contribution >= 0.6 is 0 Å². The molecule has 6 heteroatoms. The summed E-state index contributed by atoms with van der Waals surface area (Å²) in [5.74, 6) is 0.500. The summed E-state index contributed by atoms with van der Waals surface area (Å²) in [5, 5.41) is 6.16. The van der Waals surface area contributed by atoms with Crippen molar-refractivity contribution in [3.8, 4) is 0 Å². The van der Waals surface area contributed by atoms with Gasteiger partial charge < -0.3 is 20.1 Å². The number of carbonyl (C=O) groups excluding carboxylic acids is 1. The van der Waals surface area contributed by atoms with E-state index in [0.717, 1.165) is 39.4 Å². The van der Waals surface area contributed by atoms with Crippen molar-refractivity contribution >= 4 is 5.91 Å². The van der Waals surface area contributed by atoms with E-state index < -0.39 is 0 Å². The molecule has 0 aliphatic carbocycles. The summed E-state index contributed by atoms with van der Waals surface area (Å²) in [4.78, 5) is 14.3. The molecule has 2 rings (SSSR count). The molecule has 2 N–H and O–H groups in total. The lowest BCUT2D eigenvalue weighted by atomic mass is 10.1. The van der Waals surface area contributed by atoms with E-state index in [-0.39, 0.29) is 11.9 Å². The van der Waals surface area contributed by atoms with E-state index in [1.807, 2.05) is 0 Å². The molecule has 110 valence electrons. The second-order valence-electron chi connectivity index (χ2n) is 5.34. The number of nitrogens with zero attached hydrogens (tertiary/aromatic N) is 1. The van der Waals surface area contributed by atoms with Crippen molar-refractivity contribution < 1.29 is 14.3 Å². The predicted octanol–water partition coefficient (Wildman–Crippen LogP) is -0.941. The molecule has 0 radical (unpaired) electrons. The molecule has 2 atom stereocenters. The number of carbonyl (C=O) groups is 1. The molecule has 2 saturated heterocycles. The number of hydrogen-bond acceptors (Lipinski definition) is 5. The highest BCUT2D eigenvalue weighted by Crippen LogP contribution is 2.03. The fraction of sp³-hybridized carbons (Fsp3) is 0.923. The Morgan fingerprint density at radius 3 is 2.84 bits per heavy atom. The summed E-state index contributed by atoms with van der Waals surface area (Å²) in [6, 6.07) is -0.190. The third-order valence-corrected chi connectivity index (χ3v) is 3.54. The summed E-state index contributed by atoms with van der Waals surface area (Å²) in [6.45, 7) is 9.45. The number of rotatable bonds is 5. The molecular formula is C13H25N3O3. The van der Waals surface area contributed by atoms with E-state index in [1.54, 1.807) is 0 Å². The second-order valence-corrected chi connectivity index (χ2v) is 5.34. The lowest BCUT2D eigenvalue weighted by Gasteiger charge is -2.29. The van der Waals surface area contributed by atoms with E-state index >= 15 is 0 Å². The second kappa shape index (κ2) is 7.79. The Bertz CT molecular complexity index is 276. The van der Waals surface area contributed by atoms with E-state index in [2.05, 4.69) is 22.5 Å². The molecule has 6 nitrogen and oxygen atoms in total. The molecule has 19 heavy (non-hydrogen) atoms. The normalized spacial score (nSPS) is 26.9. The van der Waals surface area contributed by atoms with Gasteiger partial charge in [-0.2, -0.15) is 0 Å². The Morgan fingerprint density at radius 1 is 1.37 bits per heavy atom. The van der Waals surface area contributed by atoms with E-state index in [1.165, 1.54) is 0 Å². The van der Waals surface area contributed by atoms with Crippen LogP contribution in [0, 0.1) is 5.92 Å². The van der Waals surface area contributed by atoms with Gasteiger partial charge in [0.25, 0.3) is 0 Å². The van der Waals surface area contributed by atoms with Gasteiger partial charge in [-0.15, -0.1) is 0 Å². The number of ether oxygens (including phenoxy) is 2. The van der Waals surface area contributed by atoms with Gasteiger partial charge in [-0.3, -0.25) is 9.69 Å². The lowest BCUT2D eigenvalue weighted by Crippen LogP contribution is -2.52. The van der Waals surface area contributed by atoms with Crippen LogP contribution in [0.25, 0.3) is 0 Å². The third kappa shape index (κ3) is 5.06. The minimum absolute atomic E-state index is 0.0496. The van der Waals surface area contributed by atoms with Crippen LogP contribution in [0.2, 0.25) is 0 Å². The zero-order valence-electron chi connectivity index (χ0n) is 11.7. The van der Waals surface area contributed by atoms with Crippen LogP contribution in [-0.4, -0.2) is 76.0 Å². The maximum atomic E-state index is 11.9. The van der Waals surface area contributed by atoms with Crippen LogP contribution in [-0.2, 0) is 14.3 Å². The monoisotopic (exact) mass is 271 g/mol. The summed E-state index contributed by atoms with van der Waals surface area (Å²) in [6.07, 6.45) is 0. The minimum atomic E-state index is -0.190. The first-order valence-electron chi connectivity index (χ1n) is 7.14. The summed E-state index contributed by atoms with van der Waals surface area (Å²) in [5.41, 5.74) is 0. The van der Waals surface area contributed by atoms with Gasteiger partial charge in [0.15, 0.2) is 0 Å². The molecule has 0 bridgehead atoms. The van der Waals surface area contributed by atoms with Crippen molar-refractivity contribution in [2.75, 3.05) is 59.2 Å². The fourth-order valence-electron chi connectivity index (χ4n) is 2.42. The Morgan fingerprint density at radius 2 is 2.16 bits per heavy atom. The molecule has 2 unspecified atom stereocenters. The standard InChI is InChI=1S/C13H25N3O3/c1-11(9-16-3-6-18-7-4-16)8-15-13(17)12-10-19-5-2-14-12/h11-12,14H,2-10H2,1H3,(H,15,17). The molecule has 0 aromatic heterocycles. The maximum absolute atomic E-state index is 11.9. The Kier molecular flexibility index (Phi) is 6.03. The molecule has 2 aliphatic heterocycles. The Hall–Kier alpha value is -0.690. The van der Waals surface area contributed by atoms with Crippen molar-refractivity contribution in [3.63, 3.8) is 0 Å². The Labute approximate surface area is 114 Å². The SMILES string of the molecule is CC(CNC(=O)C1COCCN1)CN1CCOCC1. The molecule has 0 spiro atoms. The predicted molar refractivity (Wildman–Crippen MR) is 72.0 cm³/mol. The van der Waals surface area contributed by atoms with Crippen molar-refractivity contribution in [1.29, 1.82) is 0 Å². The van der Waals surface area contributed by atoms with Gasteiger partial charge in [0.05, 0.1) is 26.4 Å². The van der Waals surface area contributed by atoms with Crippen LogP contribution in [0.4, 0.5) is 0 Å². The topological polar surface area (TPSA) is 62.8 Å². The summed E-state index contributed by atoms with van der Waals surface area (Å²) >= 11 is 0. The van der Waals surface area contributed by atoms with E-state index in [0.29, 0.717) is 25.7 Å². The van der Waals surface area contributed by atoms with Crippen LogP contribution in [0.1, 0.15) is 6.92 Å². The molecule has 0 saturated carbocycles. The molecule has 0 aromatic carbocycles. The minimum Gasteiger partial charge on any atom is -0.379 e. The van der Waals surface area contributed by atoms with Crippen LogP contribution < -0.4 is 10.6 Å². The van der Waals surface area contributed by atoms with Crippen LogP contribution in [0.5, 0.6) is 0 Å². The van der Waals surface area contributed by atoms with E-state index in [9.17, 15) is 4.79 Å². The van der Waals surface area contributed by atoms with E-state index in [4.69, 9.17) is 9.47 Å². The van der Waals surface area contributed by atoms with Gasteiger partial charge in [0.2, 0.25) is 5.91 Å². The largest absolute Gasteiger partial charge is 0.379 e. The lowest BCUT2D eigenvalue weighted by molar-refractivity contribution is -0.126. The van der Waals surface area contributed by atoms with Gasteiger partial charge in [0.1, 0.15) is 6.04 Å². The van der Waals surface area contributed by atoms with Crippen LogP contribution in [0.15, 0.2) is 0 Å².